The number of aromatic amines is 1. The smallest absolute Gasteiger partial charge is 0.139 e. The zero-order chi connectivity index (χ0) is 9.42. The van der Waals surface area contributed by atoms with E-state index in [2.05, 4.69) is 4.98 Å². The highest BCUT2D eigenvalue weighted by Gasteiger charge is 2.06. The number of aryl methyl sites for hydroxylation is 1. The molecule has 0 spiro atoms. The van der Waals surface area contributed by atoms with Gasteiger partial charge in [-0.15, -0.1) is 0 Å². The number of benzene rings is 1. The van der Waals surface area contributed by atoms with E-state index >= 15 is 0 Å². The summed E-state index contributed by atoms with van der Waals surface area (Å²) in [5, 5.41) is 10.6. The van der Waals surface area contributed by atoms with Gasteiger partial charge in [0.05, 0.1) is 5.52 Å². The molecule has 1 aromatic heterocycles. The molecule has 0 aliphatic heterocycles. The molecule has 0 aliphatic rings. The van der Waals surface area contributed by atoms with Crippen molar-refractivity contribution in [1.29, 1.82) is 0 Å². The van der Waals surface area contributed by atoms with Crippen LogP contribution in [0.2, 0.25) is 0 Å². The van der Waals surface area contributed by atoms with Crippen molar-refractivity contribution in [2.24, 2.45) is 5.73 Å². The van der Waals surface area contributed by atoms with Crippen molar-refractivity contribution in [2.45, 2.75) is 13.5 Å². The number of aromatic nitrogens is 1. The molecule has 0 aliphatic carbocycles. The van der Waals surface area contributed by atoms with Crippen molar-refractivity contribution in [2.75, 3.05) is 0 Å². The van der Waals surface area contributed by atoms with Gasteiger partial charge in [0.1, 0.15) is 5.75 Å². The summed E-state index contributed by atoms with van der Waals surface area (Å²) in [6.45, 7) is 2.44. The summed E-state index contributed by atoms with van der Waals surface area (Å²) in [5.41, 5.74) is 8.41. The summed E-state index contributed by atoms with van der Waals surface area (Å²) in [5.74, 6) is 0.287. The predicted molar refractivity (Wildman–Crippen MR) is 52.6 cm³/mol. The lowest BCUT2D eigenvalue weighted by atomic mass is 10.1. The molecule has 3 nitrogen and oxygen atoms in total. The van der Waals surface area contributed by atoms with E-state index in [1.807, 2.05) is 19.2 Å². The molecule has 2 aromatic rings. The highest BCUT2D eigenvalue weighted by atomic mass is 16.3. The van der Waals surface area contributed by atoms with Crippen LogP contribution in [0.4, 0.5) is 0 Å². The lowest BCUT2D eigenvalue weighted by molar-refractivity contribution is 0.480. The molecule has 1 aromatic carbocycles. The number of phenolic OH excluding ortho intramolecular Hbond substituents is 1. The van der Waals surface area contributed by atoms with E-state index in [4.69, 9.17) is 5.73 Å². The third kappa shape index (κ3) is 1.17. The minimum absolute atomic E-state index is 0.287. The first-order valence-corrected chi connectivity index (χ1v) is 4.22. The molecule has 0 radical (unpaired) electrons. The van der Waals surface area contributed by atoms with E-state index < -0.39 is 0 Å². The molecule has 13 heavy (non-hydrogen) atoms. The molecule has 0 bridgehead atoms. The maximum atomic E-state index is 9.59. The fourth-order valence-electron chi connectivity index (χ4n) is 1.58. The molecule has 1 heterocycles. The van der Waals surface area contributed by atoms with E-state index in [0.717, 1.165) is 22.0 Å². The predicted octanol–water partition coefficient (Wildman–Crippen LogP) is 1.64. The van der Waals surface area contributed by atoms with Crippen LogP contribution in [-0.2, 0) is 6.54 Å². The lowest BCUT2D eigenvalue weighted by Gasteiger charge is -1.99. The van der Waals surface area contributed by atoms with Crippen molar-refractivity contribution in [3.63, 3.8) is 0 Å². The molecule has 0 fully saturated rings. The lowest BCUT2D eigenvalue weighted by Crippen LogP contribution is -1.94. The molecule has 0 saturated carbocycles. The Labute approximate surface area is 76.2 Å². The second-order valence-electron chi connectivity index (χ2n) is 3.22. The summed E-state index contributed by atoms with van der Waals surface area (Å²) in [4.78, 5) is 3.00. The normalized spacial score (nSPS) is 10.9. The number of nitrogens with one attached hydrogen (secondary N) is 1. The molecule has 0 unspecified atom stereocenters. The van der Waals surface area contributed by atoms with Crippen LogP contribution < -0.4 is 5.73 Å². The van der Waals surface area contributed by atoms with Crippen LogP contribution in [0.5, 0.6) is 5.75 Å². The minimum Gasteiger partial charge on any atom is -0.506 e. The molecule has 0 amide bonds. The van der Waals surface area contributed by atoms with Gasteiger partial charge in [-0.1, -0.05) is 0 Å². The van der Waals surface area contributed by atoms with Gasteiger partial charge in [0, 0.05) is 18.1 Å². The van der Waals surface area contributed by atoms with Crippen LogP contribution in [-0.4, -0.2) is 10.1 Å². The Hall–Kier alpha value is -1.48. The van der Waals surface area contributed by atoms with Gasteiger partial charge >= 0.3 is 0 Å². The quantitative estimate of drug-likeness (QED) is 0.618. The number of phenols is 1. The fourth-order valence-corrected chi connectivity index (χ4v) is 1.58. The number of nitrogens with two attached hydrogens (primary N) is 1. The van der Waals surface area contributed by atoms with Crippen LogP contribution in [0.25, 0.3) is 10.9 Å². The van der Waals surface area contributed by atoms with E-state index in [9.17, 15) is 5.11 Å². The number of rotatable bonds is 1. The Morgan fingerprint density at radius 1 is 1.46 bits per heavy atom. The number of H-pyrrole nitrogens is 1. The average molecular weight is 176 g/mol. The zero-order valence-corrected chi connectivity index (χ0v) is 7.46. The van der Waals surface area contributed by atoms with Crippen molar-refractivity contribution < 1.29 is 5.11 Å². The molecule has 68 valence electrons. The highest BCUT2D eigenvalue weighted by molar-refractivity contribution is 5.88. The Kier molecular flexibility index (Phi) is 1.74. The second kappa shape index (κ2) is 2.78. The number of hydrogen-bond donors (Lipinski definition) is 3. The molecule has 2 rings (SSSR count). The molecule has 0 atom stereocenters. The van der Waals surface area contributed by atoms with Crippen LogP contribution in [0.1, 0.15) is 11.1 Å². The third-order valence-corrected chi connectivity index (χ3v) is 2.22. The van der Waals surface area contributed by atoms with Gasteiger partial charge in [-0.3, -0.25) is 0 Å². The molecular weight excluding hydrogens is 164 g/mol. The van der Waals surface area contributed by atoms with Crippen LogP contribution in [0, 0.1) is 6.92 Å². The van der Waals surface area contributed by atoms with Crippen molar-refractivity contribution in [3.8, 4) is 5.75 Å². The maximum absolute atomic E-state index is 9.59. The van der Waals surface area contributed by atoms with E-state index in [0.29, 0.717) is 6.54 Å². The van der Waals surface area contributed by atoms with Gasteiger partial charge in [-0.05, 0) is 30.2 Å². The van der Waals surface area contributed by atoms with Crippen LogP contribution in [0.3, 0.4) is 0 Å². The Bertz CT molecular complexity index is 445. The van der Waals surface area contributed by atoms with E-state index in [-0.39, 0.29) is 5.75 Å². The van der Waals surface area contributed by atoms with Crippen molar-refractivity contribution in [1.82, 2.24) is 4.98 Å². The molecule has 0 saturated heterocycles. The first kappa shape index (κ1) is 8.13. The molecular formula is C10H12N2O. The summed E-state index contributed by atoms with van der Waals surface area (Å²) < 4.78 is 0. The van der Waals surface area contributed by atoms with Crippen molar-refractivity contribution >= 4 is 10.9 Å². The fraction of sp³-hybridized carbons (Fsp3) is 0.200. The summed E-state index contributed by atoms with van der Waals surface area (Å²) >= 11 is 0. The monoisotopic (exact) mass is 176 g/mol. The van der Waals surface area contributed by atoms with E-state index in [1.54, 1.807) is 6.07 Å². The molecule has 4 N–H and O–H groups in total. The van der Waals surface area contributed by atoms with Crippen LogP contribution in [0.15, 0.2) is 18.3 Å². The second-order valence-corrected chi connectivity index (χ2v) is 3.22. The highest BCUT2D eigenvalue weighted by Crippen LogP contribution is 2.27. The number of hydrogen-bond acceptors (Lipinski definition) is 2. The number of aromatic hydroxyl groups is 1. The first-order valence-electron chi connectivity index (χ1n) is 4.22. The zero-order valence-electron chi connectivity index (χ0n) is 7.46. The Morgan fingerprint density at radius 3 is 2.92 bits per heavy atom. The largest absolute Gasteiger partial charge is 0.506 e. The average Bonchev–Trinajstić information content (AvgIpc) is 2.47. The van der Waals surface area contributed by atoms with Gasteiger partial charge in [0.15, 0.2) is 0 Å². The number of fused-ring (bicyclic) bond motifs is 1. The van der Waals surface area contributed by atoms with Crippen LogP contribution >= 0.6 is 0 Å². The topological polar surface area (TPSA) is 62.0 Å². The van der Waals surface area contributed by atoms with Gasteiger partial charge in [-0.25, -0.2) is 0 Å². The standard InChI is InChI=1S/C10H12N2O/c1-6-2-8-7(4-11)5-12-10(8)9(13)3-6/h2-3,5,12-13H,4,11H2,1H3. The maximum Gasteiger partial charge on any atom is 0.139 e. The summed E-state index contributed by atoms with van der Waals surface area (Å²) in [7, 11) is 0. The van der Waals surface area contributed by atoms with Crippen molar-refractivity contribution in [3.05, 3.63) is 29.5 Å². The van der Waals surface area contributed by atoms with E-state index in [1.165, 1.54) is 0 Å². The van der Waals surface area contributed by atoms with Gasteiger partial charge in [-0.2, -0.15) is 0 Å². The first-order chi connectivity index (χ1) is 6.22. The minimum atomic E-state index is 0.287. The SMILES string of the molecule is Cc1cc(O)c2[nH]cc(CN)c2c1. The van der Waals surface area contributed by atoms with Gasteiger partial charge < -0.3 is 15.8 Å². The molecule has 3 heteroatoms. The Balaban J connectivity index is 2.82. The third-order valence-electron chi connectivity index (χ3n) is 2.22. The Morgan fingerprint density at radius 2 is 2.23 bits per heavy atom. The summed E-state index contributed by atoms with van der Waals surface area (Å²) in [6, 6.07) is 3.76. The van der Waals surface area contributed by atoms with Gasteiger partial charge in [0.25, 0.3) is 0 Å². The summed E-state index contributed by atoms with van der Waals surface area (Å²) in [6.07, 6.45) is 1.84. The van der Waals surface area contributed by atoms with Gasteiger partial charge in [0.2, 0.25) is 0 Å².